The molecule has 0 aliphatic rings. The molecular formula is C54H34N2. The fourth-order valence-electron chi connectivity index (χ4n) is 9.33. The maximum atomic E-state index is 2.44. The third-order valence-electron chi connectivity index (χ3n) is 11.9. The van der Waals surface area contributed by atoms with Crippen LogP contribution in [-0.2, 0) is 0 Å². The molecule has 0 aliphatic heterocycles. The highest BCUT2D eigenvalue weighted by Gasteiger charge is 2.17. The van der Waals surface area contributed by atoms with E-state index in [-0.39, 0.29) is 0 Å². The first kappa shape index (κ1) is 31.0. The summed E-state index contributed by atoms with van der Waals surface area (Å²) in [5.74, 6) is 0. The molecule has 0 radical (unpaired) electrons. The summed E-state index contributed by atoms with van der Waals surface area (Å²) in [5.41, 5.74) is 12.0. The van der Waals surface area contributed by atoms with Crippen molar-refractivity contribution in [3.63, 3.8) is 0 Å². The van der Waals surface area contributed by atoms with Crippen LogP contribution in [0.2, 0.25) is 0 Å². The minimum atomic E-state index is 1.16. The van der Waals surface area contributed by atoms with Gasteiger partial charge in [-0.15, -0.1) is 0 Å². The fraction of sp³-hybridized carbons (Fsp3) is 0. The van der Waals surface area contributed by atoms with Crippen LogP contribution in [0.25, 0.3) is 110 Å². The maximum absolute atomic E-state index is 2.44. The van der Waals surface area contributed by atoms with Crippen LogP contribution in [0.5, 0.6) is 0 Å². The number of para-hydroxylation sites is 2. The molecule has 0 N–H and O–H groups in total. The number of benzene rings is 10. The van der Waals surface area contributed by atoms with Gasteiger partial charge in [-0.25, -0.2) is 0 Å². The fourth-order valence-corrected chi connectivity index (χ4v) is 9.33. The van der Waals surface area contributed by atoms with Crippen molar-refractivity contribution < 1.29 is 0 Å². The monoisotopic (exact) mass is 710 g/mol. The van der Waals surface area contributed by atoms with E-state index in [1.807, 2.05) is 0 Å². The van der Waals surface area contributed by atoms with E-state index < -0.39 is 0 Å². The van der Waals surface area contributed by atoms with Crippen molar-refractivity contribution >= 4 is 75.9 Å². The Balaban J connectivity index is 1.01. The lowest BCUT2D eigenvalue weighted by Crippen LogP contribution is -1.94. The van der Waals surface area contributed by atoms with Crippen molar-refractivity contribution in [3.05, 3.63) is 206 Å². The molecule has 0 saturated heterocycles. The van der Waals surface area contributed by atoms with Crippen LogP contribution in [-0.4, -0.2) is 9.13 Å². The SMILES string of the molecule is c1ccc(-c2ccc(-n3c4ccccc4c4cc(-c5ccc6c(c5)c5ccccc5n6-c5ccc6c7ccccc7c7ccccc7c6c5)ccc43)cc2)cc1. The predicted octanol–water partition coefficient (Wildman–Crippen LogP) is 14.7. The molecule has 0 bridgehead atoms. The lowest BCUT2D eigenvalue weighted by atomic mass is 9.94. The number of hydrogen-bond acceptors (Lipinski definition) is 0. The zero-order valence-corrected chi connectivity index (χ0v) is 30.5. The van der Waals surface area contributed by atoms with Gasteiger partial charge in [-0.1, -0.05) is 146 Å². The molecule has 2 heterocycles. The number of nitrogens with zero attached hydrogens (tertiary/aromatic N) is 2. The van der Waals surface area contributed by atoms with Crippen molar-refractivity contribution in [2.75, 3.05) is 0 Å². The average molecular weight is 711 g/mol. The normalized spacial score (nSPS) is 11.9. The van der Waals surface area contributed by atoms with Gasteiger partial charge in [-0.2, -0.15) is 0 Å². The molecule has 2 heteroatoms. The zero-order chi connectivity index (χ0) is 36.7. The molecule has 56 heavy (non-hydrogen) atoms. The molecule has 2 aromatic heterocycles. The Morgan fingerprint density at radius 3 is 1.12 bits per heavy atom. The van der Waals surface area contributed by atoms with Crippen molar-refractivity contribution in [3.8, 4) is 33.6 Å². The molecule has 12 rings (SSSR count). The summed E-state index contributed by atoms with van der Waals surface area (Å²) < 4.78 is 4.84. The molecule has 0 unspecified atom stereocenters. The Kier molecular flexibility index (Phi) is 6.66. The lowest BCUT2D eigenvalue weighted by Gasteiger charge is -2.14. The van der Waals surface area contributed by atoms with Crippen molar-refractivity contribution in [1.29, 1.82) is 0 Å². The van der Waals surface area contributed by atoms with Gasteiger partial charge in [0.1, 0.15) is 0 Å². The van der Waals surface area contributed by atoms with Gasteiger partial charge >= 0.3 is 0 Å². The van der Waals surface area contributed by atoms with E-state index in [4.69, 9.17) is 0 Å². The quantitative estimate of drug-likeness (QED) is 0.161. The summed E-state index contributed by atoms with van der Waals surface area (Å²) in [6.07, 6.45) is 0. The van der Waals surface area contributed by atoms with Crippen LogP contribution < -0.4 is 0 Å². The van der Waals surface area contributed by atoms with Crippen LogP contribution in [0.15, 0.2) is 206 Å². The number of fused-ring (bicyclic) bond motifs is 12. The molecule has 260 valence electrons. The topological polar surface area (TPSA) is 9.86 Å². The first-order chi connectivity index (χ1) is 27.8. The van der Waals surface area contributed by atoms with Gasteiger partial charge in [0.25, 0.3) is 0 Å². The lowest BCUT2D eigenvalue weighted by molar-refractivity contribution is 1.18. The van der Waals surface area contributed by atoms with Gasteiger partial charge in [-0.05, 0) is 115 Å². The van der Waals surface area contributed by atoms with E-state index in [9.17, 15) is 0 Å². The highest BCUT2D eigenvalue weighted by Crippen LogP contribution is 2.41. The predicted molar refractivity (Wildman–Crippen MR) is 239 cm³/mol. The summed E-state index contributed by atoms with van der Waals surface area (Å²) in [5, 5.41) is 12.7. The highest BCUT2D eigenvalue weighted by molar-refractivity contribution is 6.25. The molecule has 12 aromatic rings. The standard InChI is InChI=1S/C54H34N2/c1-2-12-35(13-3-1)36-22-26-39(27-23-36)55-51-20-10-8-18-46(51)49-32-37(24-30-53(49)55)38-25-31-54-50(33-38)47-19-9-11-21-52(47)56(54)40-28-29-45-43-16-5-4-14-41(43)42-15-6-7-17-44(42)48(45)34-40/h1-34H. The first-order valence-electron chi connectivity index (χ1n) is 19.3. The Morgan fingerprint density at radius 1 is 0.196 bits per heavy atom. The molecule has 0 fully saturated rings. The minimum absolute atomic E-state index is 1.16. The number of rotatable bonds is 4. The van der Waals surface area contributed by atoms with E-state index in [1.54, 1.807) is 0 Å². The third kappa shape index (κ3) is 4.57. The molecule has 0 aliphatic carbocycles. The van der Waals surface area contributed by atoms with Crippen LogP contribution in [0.1, 0.15) is 0 Å². The van der Waals surface area contributed by atoms with Gasteiger partial charge in [-0.3, -0.25) is 0 Å². The summed E-state index contributed by atoms with van der Waals surface area (Å²) in [7, 11) is 0. The summed E-state index contributed by atoms with van der Waals surface area (Å²) in [4.78, 5) is 0. The first-order valence-corrected chi connectivity index (χ1v) is 19.3. The van der Waals surface area contributed by atoms with E-state index in [0.29, 0.717) is 0 Å². The molecule has 0 spiro atoms. The summed E-state index contributed by atoms with van der Waals surface area (Å²) in [6.45, 7) is 0. The van der Waals surface area contributed by atoms with Gasteiger partial charge < -0.3 is 9.13 Å². The van der Waals surface area contributed by atoms with Crippen LogP contribution in [0.3, 0.4) is 0 Å². The number of hydrogen-bond donors (Lipinski definition) is 0. The third-order valence-corrected chi connectivity index (χ3v) is 11.9. The molecule has 2 nitrogen and oxygen atoms in total. The van der Waals surface area contributed by atoms with Gasteiger partial charge in [0.2, 0.25) is 0 Å². The molecule has 0 saturated carbocycles. The molecule has 0 atom stereocenters. The number of aromatic nitrogens is 2. The van der Waals surface area contributed by atoms with Crippen molar-refractivity contribution in [2.45, 2.75) is 0 Å². The van der Waals surface area contributed by atoms with Crippen molar-refractivity contribution in [2.24, 2.45) is 0 Å². The van der Waals surface area contributed by atoms with E-state index >= 15 is 0 Å². The average Bonchev–Trinajstić information content (AvgIpc) is 3.79. The summed E-state index contributed by atoms with van der Waals surface area (Å²) >= 11 is 0. The Bertz CT molecular complexity index is 3480. The molecular weight excluding hydrogens is 677 g/mol. The van der Waals surface area contributed by atoms with Gasteiger partial charge in [0.15, 0.2) is 0 Å². The van der Waals surface area contributed by atoms with Gasteiger partial charge in [0.05, 0.1) is 22.1 Å². The second-order valence-corrected chi connectivity index (χ2v) is 14.9. The largest absolute Gasteiger partial charge is 0.309 e. The Morgan fingerprint density at radius 2 is 0.571 bits per heavy atom. The van der Waals surface area contributed by atoms with Crippen LogP contribution in [0.4, 0.5) is 0 Å². The van der Waals surface area contributed by atoms with E-state index in [0.717, 1.165) is 5.69 Å². The Labute approximate surface area is 323 Å². The Hall–Kier alpha value is -7.42. The highest BCUT2D eigenvalue weighted by atomic mass is 15.0. The minimum Gasteiger partial charge on any atom is -0.309 e. The van der Waals surface area contributed by atoms with E-state index in [1.165, 1.54) is 104 Å². The smallest absolute Gasteiger partial charge is 0.0541 e. The second kappa shape index (κ2) is 12.0. The van der Waals surface area contributed by atoms with Crippen LogP contribution >= 0.6 is 0 Å². The molecule has 0 amide bonds. The molecule has 10 aromatic carbocycles. The zero-order valence-electron chi connectivity index (χ0n) is 30.5. The van der Waals surface area contributed by atoms with Crippen molar-refractivity contribution in [1.82, 2.24) is 9.13 Å². The van der Waals surface area contributed by atoms with Gasteiger partial charge in [0, 0.05) is 32.9 Å². The van der Waals surface area contributed by atoms with Crippen LogP contribution in [0, 0.1) is 0 Å². The second-order valence-electron chi connectivity index (χ2n) is 14.9. The maximum Gasteiger partial charge on any atom is 0.0541 e. The van der Waals surface area contributed by atoms with E-state index in [2.05, 4.69) is 215 Å². The summed E-state index contributed by atoms with van der Waals surface area (Å²) in [6, 6.07) is 75.7.